The van der Waals surface area contributed by atoms with Crippen LogP contribution < -0.4 is 0 Å². The fourth-order valence-corrected chi connectivity index (χ4v) is 3.22. The van der Waals surface area contributed by atoms with E-state index in [0.717, 1.165) is 31.8 Å². The Hall–Kier alpha value is -1.75. The van der Waals surface area contributed by atoms with Crippen molar-refractivity contribution in [2.24, 2.45) is 13.0 Å². The van der Waals surface area contributed by atoms with Gasteiger partial charge in [0.25, 0.3) is 5.91 Å². The van der Waals surface area contributed by atoms with Crippen LogP contribution in [0.5, 0.6) is 0 Å². The van der Waals surface area contributed by atoms with Crippen molar-refractivity contribution < 1.29 is 4.79 Å². The minimum absolute atomic E-state index is 0.0123. The number of imidazole rings is 1. The van der Waals surface area contributed by atoms with Crippen molar-refractivity contribution >= 4 is 17.5 Å². The highest BCUT2D eigenvalue weighted by Crippen LogP contribution is 2.21. The summed E-state index contributed by atoms with van der Waals surface area (Å²) < 4.78 is 3.96. The van der Waals surface area contributed by atoms with E-state index in [-0.39, 0.29) is 5.91 Å². The van der Waals surface area contributed by atoms with Gasteiger partial charge in [0.05, 0.1) is 5.02 Å². The van der Waals surface area contributed by atoms with Gasteiger partial charge in [-0.2, -0.15) is 0 Å². The number of hydrogen-bond donors (Lipinski definition) is 0. The zero-order valence-electron chi connectivity index (χ0n) is 12.3. The predicted molar refractivity (Wildman–Crippen MR) is 81.4 cm³/mol. The highest BCUT2D eigenvalue weighted by molar-refractivity contribution is 6.31. The molecule has 0 aromatic carbocycles. The SMILES string of the molecule is CN(CC1CCn2ccnc2C1)C(=O)c1cc(Cl)cn1C. The van der Waals surface area contributed by atoms with Crippen LogP contribution in [0.25, 0.3) is 0 Å². The van der Waals surface area contributed by atoms with E-state index in [1.807, 2.05) is 26.5 Å². The average molecular weight is 307 g/mol. The second-order valence-electron chi connectivity index (χ2n) is 5.74. The number of carbonyl (C=O) groups excluding carboxylic acids is 1. The molecule has 0 fully saturated rings. The highest BCUT2D eigenvalue weighted by Gasteiger charge is 2.23. The third-order valence-electron chi connectivity index (χ3n) is 4.12. The Kier molecular flexibility index (Phi) is 3.76. The number of hydrogen-bond acceptors (Lipinski definition) is 2. The van der Waals surface area contributed by atoms with Crippen LogP contribution in [-0.2, 0) is 20.0 Å². The van der Waals surface area contributed by atoms with Crippen LogP contribution in [0.15, 0.2) is 24.7 Å². The molecular formula is C15H19ClN4O. The first kappa shape index (κ1) is 14.2. The Morgan fingerprint density at radius 2 is 2.38 bits per heavy atom. The van der Waals surface area contributed by atoms with E-state index < -0.39 is 0 Å². The van der Waals surface area contributed by atoms with Crippen molar-refractivity contribution in [3.05, 3.63) is 41.2 Å². The average Bonchev–Trinajstić information content (AvgIpc) is 3.03. The van der Waals surface area contributed by atoms with Gasteiger partial charge in [0, 0.05) is 52.2 Å². The molecule has 21 heavy (non-hydrogen) atoms. The standard InChI is InChI=1S/C15H19ClN4O/c1-18-10-12(16)8-13(18)15(21)19(2)9-11-3-5-20-6-4-17-14(20)7-11/h4,6,8,10-11H,3,5,7,9H2,1-2H3. The minimum Gasteiger partial charge on any atom is -0.345 e. The van der Waals surface area contributed by atoms with Crippen LogP contribution in [0, 0.1) is 5.92 Å². The van der Waals surface area contributed by atoms with Crippen LogP contribution in [0.1, 0.15) is 22.7 Å². The maximum absolute atomic E-state index is 12.5. The Bertz CT molecular complexity index is 660. The number of amides is 1. The van der Waals surface area contributed by atoms with Crippen molar-refractivity contribution in [2.75, 3.05) is 13.6 Å². The molecule has 1 atom stereocenters. The van der Waals surface area contributed by atoms with E-state index in [9.17, 15) is 4.79 Å². The smallest absolute Gasteiger partial charge is 0.270 e. The van der Waals surface area contributed by atoms with Crippen LogP contribution in [0.4, 0.5) is 0 Å². The number of halogens is 1. The van der Waals surface area contributed by atoms with Crippen molar-refractivity contribution in [1.29, 1.82) is 0 Å². The maximum Gasteiger partial charge on any atom is 0.270 e. The molecule has 0 N–H and O–H groups in total. The van der Waals surface area contributed by atoms with E-state index in [0.29, 0.717) is 16.6 Å². The second kappa shape index (κ2) is 5.56. The predicted octanol–water partition coefficient (Wildman–Crippen LogP) is 2.21. The quantitative estimate of drug-likeness (QED) is 0.872. The van der Waals surface area contributed by atoms with Gasteiger partial charge in [0.15, 0.2) is 0 Å². The summed E-state index contributed by atoms with van der Waals surface area (Å²) >= 11 is 5.95. The number of rotatable bonds is 3. The van der Waals surface area contributed by atoms with Gasteiger partial charge >= 0.3 is 0 Å². The van der Waals surface area contributed by atoms with Crippen molar-refractivity contribution in [3.8, 4) is 0 Å². The first-order valence-corrected chi connectivity index (χ1v) is 7.49. The van der Waals surface area contributed by atoms with Gasteiger partial charge in [-0.15, -0.1) is 0 Å². The molecule has 2 aromatic rings. The number of fused-ring (bicyclic) bond motifs is 1. The molecule has 1 unspecified atom stereocenters. The molecule has 0 spiro atoms. The molecule has 0 aliphatic carbocycles. The van der Waals surface area contributed by atoms with Crippen LogP contribution in [0.3, 0.4) is 0 Å². The molecule has 0 radical (unpaired) electrons. The Morgan fingerprint density at radius 3 is 3.10 bits per heavy atom. The van der Waals surface area contributed by atoms with E-state index in [1.54, 1.807) is 21.7 Å². The van der Waals surface area contributed by atoms with Gasteiger partial charge in [-0.3, -0.25) is 4.79 Å². The molecular weight excluding hydrogens is 288 g/mol. The lowest BCUT2D eigenvalue weighted by Crippen LogP contribution is -2.35. The lowest BCUT2D eigenvalue weighted by Gasteiger charge is -2.27. The van der Waals surface area contributed by atoms with Crippen LogP contribution in [0.2, 0.25) is 5.02 Å². The van der Waals surface area contributed by atoms with Crippen LogP contribution in [-0.4, -0.2) is 38.5 Å². The molecule has 3 heterocycles. The monoisotopic (exact) mass is 306 g/mol. The lowest BCUT2D eigenvalue weighted by molar-refractivity contribution is 0.0754. The fraction of sp³-hybridized carbons (Fsp3) is 0.467. The summed E-state index contributed by atoms with van der Waals surface area (Å²) in [5.41, 5.74) is 0.625. The summed E-state index contributed by atoms with van der Waals surface area (Å²) in [5.74, 6) is 1.59. The summed E-state index contributed by atoms with van der Waals surface area (Å²) in [7, 11) is 3.69. The third-order valence-corrected chi connectivity index (χ3v) is 4.33. The molecule has 0 saturated heterocycles. The molecule has 3 rings (SSSR count). The zero-order chi connectivity index (χ0) is 15.0. The van der Waals surface area contributed by atoms with Gasteiger partial charge in [-0.25, -0.2) is 4.98 Å². The third kappa shape index (κ3) is 2.83. The molecule has 1 aliphatic rings. The number of aromatic nitrogens is 3. The summed E-state index contributed by atoms with van der Waals surface area (Å²) in [5, 5.41) is 0.592. The second-order valence-corrected chi connectivity index (χ2v) is 6.17. The Morgan fingerprint density at radius 1 is 1.57 bits per heavy atom. The fourth-order valence-electron chi connectivity index (χ4n) is 2.97. The number of aryl methyl sites for hydroxylation is 2. The van der Waals surface area contributed by atoms with Gasteiger partial charge in [-0.1, -0.05) is 11.6 Å². The summed E-state index contributed by atoms with van der Waals surface area (Å²) in [6.07, 6.45) is 7.62. The van der Waals surface area contributed by atoms with Gasteiger partial charge in [0.2, 0.25) is 0 Å². The summed E-state index contributed by atoms with van der Waals surface area (Å²) in [6.45, 7) is 1.73. The van der Waals surface area contributed by atoms with E-state index >= 15 is 0 Å². The summed E-state index contributed by atoms with van der Waals surface area (Å²) in [4.78, 5) is 18.6. The topological polar surface area (TPSA) is 43.1 Å². The number of nitrogens with zero attached hydrogens (tertiary/aromatic N) is 4. The van der Waals surface area contributed by atoms with Crippen molar-refractivity contribution in [2.45, 2.75) is 19.4 Å². The van der Waals surface area contributed by atoms with Gasteiger partial charge in [-0.05, 0) is 18.4 Å². The Balaban J connectivity index is 1.65. The first-order valence-electron chi connectivity index (χ1n) is 7.12. The largest absolute Gasteiger partial charge is 0.345 e. The number of carbonyl (C=O) groups is 1. The van der Waals surface area contributed by atoms with Crippen LogP contribution >= 0.6 is 11.6 Å². The molecule has 0 bridgehead atoms. The van der Waals surface area contributed by atoms with E-state index in [4.69, 9.17) is 11.6 Å². The maximum atomic E-state index is 12.5. The van der Waals surface area contributed by atoms with Crippen molar-refractivity contribution in [3.63, 3.8) is 0 Å². The van der Waals surface area contributed by atoms with Crippen molar-refractivity contribution in [1.82, 2.24) is 19.0 Å². The first-order chi connectivity index (χ1) is 10.0. The molecule has 1 aliphatic heterocycles. The highest BCUT2D eigenvalue weighted by atomic mass is 35.5. The molecule has 112 valence electrons. The van der Waals surface area contributed by atoms with E-state index in [1.165, 1.54) is 0 Å². The summed E-state index contributed by atoms with van der Waals surface area (Å²) in [6, 6.07) is 1.72. The molecule has 1 amide bonds. The molecule has 5 nitrogen and oxygen atoms in total. The molecule has 6 heteroatoms. The lowest BCUT2D eigenvalue weighted by atomic mass is 9.97. The minimum atomic E-state index is 0.0123. The van der Waals surface area contributed by atoms with E-state index in [2.05, 4.69) is 9.55 Å². The Labute approximate surface area is 129 Å². The zero-order valence-corrected chi connectivity index (χ0v) is 13.0. The van der Waals surface area contributed by atoms with Gasteiger partial charge in [0.1, 0.15) is 11.5 Å². The normalized spacial score (nSPS) is 17.6. The van der Waals surface area contributed by atoms with Gasteiger partial charge < -0.3 is 14.0 Å². The molecule has 0 saturated carbocycles. The molecule has 2 aromatic heterocycles.